The summed E-state index contributed by atoms with van der Waals surface area (Å²) in [7, 11) is 0. The normalized spacial score (nSPS) is 35.0. The second-order valence-corrected chi connectivity index (χ2v) is 2.41. The number of oxime groups is 1. The Labute approximate surface area is 58.8 Å². The molecule has 0 aromatic heterocycles. The fourth-order valence-electron chi connectivity index (χ4n) is 1.14. The fraction of sp³-hybridized carbons (Fsp3) is 0.286. The van der Waals surface area contributed by atoms with Crippen molar-refractivity contribution in [3.05, 3.63) is 23.9 Å². The maximum Gasteiger partial charge on any atom is 0.177 e. The van der Waals surface area contributed by atoms with E-state index in [4.69, 9.17) is 10.6 Å². The van der Waals surface area contributed by atoms with E-state index in [1.165, 1.54) is 0 Å². The van der Waals surface area contributed by atoms with Crippen LogP contribution in [-0.4, -0.2) is 12.3 Å². The maximum atomic E-state index is 5.62. The number of fused-ring (bicyclic) bond motifs is 1. The zero-order valence-electron chi connectivity index (χ0n) is 5.40. The summed E-state index contributed by atoms with van der Waals surface area (Å²) in [6.07, 6.45) is 7.52. The number of rotatable bonds is 0. The molecule has 0 bridgehead atoms. The second kappa shape index (κ2) is 1.87. The highest BCUT2D eigenvalue weighted by Gasteiger charge is 2.28. The fourth-order valence-corrected chi connectivity index (χ4v) is 1.14. The molecular formula is C7H8N2O. The molecule has 1 heterocycles. The molecule has 2 aliphatic rings. The molecule has 0 aromatic carbocycles. The Morgan fingerprint density at radius 3 is 3.30 bits per heavy atom. The minimum Gasteiger partial charge on any atom is -0.399 e. The highest BCUT2D eigenvalue weighted by molar-refractivity contribution is 5.67. The standard InChI is InChI=1S/C7H8N2O/c8-6-3-1-2-5-4-9-10-7(5)6/h1-5,7H,8H2. The number of nitrogens with two attached hydrogens (primary N) is 1. The van der Waals surface area contributed by atoms with Gasteiger partial charge in [0.15, 0.2) is 6.10 Å². The van der Waals surface area contributed by atoms with Crippen LogP contribution in [0, 0.1) is 5.92 Å². The third kappa shape index (κ3) is 0.635. The Bertz CT molecular complexity index is 230. The average molecular weight is 136 g/mol. The molecule has 0 spiro atoms. The van der Waals surface area contributed by atoms with Gasteiger partial charge in [-0.3, -0.25) is 0 Å². The van der Waals surface area contributed by atoms with Crippen molar-refractivity contribution in [3.8, 4) is 0 Å². The van der Waals surface area contributed by atoms with E-state index in [1.54, 1.807) is 6.21 Å². The van der Waals surface area contributed by atoms with Crippen LogP contribution in [0.4, 0.5) is 0 Å². The number of hydrogen-bond acceptors (Lipinski definition) is 3. The molecule has 2 atom stereocenters. The maximum absolute atomic E-state index is 5.62. The van der Waals surface area contributed by atoms with Gasteiger partial charge in [-0.1, -0.05) is 17.3 Å². The van der Waals surface area contributed by atoms with E-state index in [2.05, 4.69) is 5.16 Å². The van der Waals surface area contributed by atoms with Gasteiger partial charge in [0, 0.05) is 0 Å². The first-order valence-corrected chi connectivity index (χ1v) is 3.21. The van der Waals surface area contributed by atoms with Crippen molar-refractivity contribution < 1.29 is 4.84 Å². The molecule has 3 heteroatoms. The van der Waals surface area contributed by atoms with Crippen molar-refractivity contribution in [1.29, 1.82) is 0 Å². The van der Waals surface area contributed by atoms with Crippen LogP contribution in [0.5, 0.6) is 0 Å². The van der Waals surface area contributed by atoms with Crippen molar-refractivity contribution >= 4 is 6.21 Å². The summed E-state index contributed by atoms with van der Waals surface area (Å²) in [5.41, 5.74) is 6.38. The lowest BCUT2D eigenvalue weighted by Crippen LogP contribution is -2.25. The predicted molar refractivity (Wildman–Crippen MR) is 38.3 cm³/mol. The van der Waals surface area contributed by atoms with Gasteiger partial charge in [-0.15, -0.1) is 0 Å². The van der Waals surface area contributed by atoms with Crippen LogP contribution in [0.1, 0.15) is 0 Å². The van der Waals surface area contributed by atoms with E-state index in [1.807, 2.05) is 18.2 Å². The van der Waals surface area contributed by atoms with E-state index < -0.39 is 0 Å². The van der Waals surface area contributed by atoms with E-state index in [-0.39, 0.29) is 12.0 Å². The third-order valence-corrected chi connectivity index (χ3v) is 1.71. The van der Waals surface area contributed by atoms with Crippen LogP contribution in [0.3, 0.4) is 0 Å². The Morgan fingerprint density at radius 1 is 1.60 bits per heavy atom. The number of hydrogen-bond donors (Lipinski definition) is 1. The second-order valence-electron chi connectivity index (χ2n) is 2.41. The molecule has 10 heavy (non-hydrogen) atoms. The Morgan fingerprint density at radius 2 is 2.50 bits per heavy atom. The van der Waals surface area contributed by atoms with E-state index in [0.29, 0.717) is 0 Å². The summed E-state index contributed by atoms with van der Waals surface area (Å²) in [5.74, 6) is 0.255. The molecule has 0 aromatic rings. The lowest BCUT2D eigenvalue weighted by atomic mass is 9.97. The first-order chi connectivity index (χ1) is 4.88. The Hall–Kier alpha value is -1.25. The largest absolute Gasteiger partial charge is 0.399 e. The summed E-state index contributed by atoms with van der Waals surface area (Å²) >= 11 is 0. The van der Waals surface area contributed by atoms with E-state index >= 15 is 0 Å². The minimum absolute atomic E-state index is 0.0370. The van der Waals surface area contributed by atoms with Gasteiger partial charge < -0.3 is 10.6 Å². The molecule has 1 aliphatic carbocycles. The molecule has 1 aliphatic heterocycles. The molecule has 52 valence electrons. The smallest absolute Gasteiger partial charge is 0.177 e. The van der Waals surface area contributed by atoms with Crippen molar-refractivity contribution in [1.82, 2.24) is 0 Å². The van der Waals surface area contributed by atoms with Crippen LogP contribution >= 0.6 is 0 Å². The Kier molecular flexibility index (Phi) is 1.03. The van der Waals surface area contributed by atoms with Crippen molar-refractivity contribution in [3.63, 3.8) is 0 Å². The number of allylic oxidation sites excluding steroid dienone is 2. The SMILES string of the molecule is NC1=CC=CC2C=NOC12. The van der Waals surface area contributed by atoms with Crippen molar-refractivity contribution in [2.45, 2.75) is 6.10 Å². The quantitative estimate of drug-likeness (QED) is 0.524. The molecule has 0 saturated heterocycles. The molecule has 2 N–H and O–H groups in total. The summed E-state index contributed by atoms with van der Waals surface area (Å²) in [5, 5.41) is 3.68. The summed E-state index contributed by atoms with van der Waals surface area (Å²) in [6, 6.07) is 0. The van der Waals surface area contributed by atoms with Gasteiger partial charge in [0.1, 0.15) is 0 Å². The molecule has 0 amide bonds. The first kappa shape index (κ1) is 5.53. The summed E-state index contributed by atoms with van der Waals surface area (Å²) < 4.78 is 0. The number of nitrogens with zero attached hydrogens (tertiary/aromatic N) is 1. The van der Waals surface area contributed by atoms with Crippen molar-refractivity contribution in [2.75, 3.05) is 0 Å². The third-order valence-electron chi connectivity index (χ3n) is 1.71. The zero-order valence-corrected chi connectivity index (χ0v) is 5.40. The van der Waals surface area contributed by atoms with Crippen LogP contribution in [0.15, 0.2) is 29.1 Å². The molecule has 2 rings (SSSR count). The van der Waals surface area contributed by atoms with Gasteiger partial charge in [0.05, 0.1) is 17.8 Å². The van der Waals surface area contributed by atoms with E-state index in [0.717, 1.165) is 5.70 Å². The van der Waals surface area contributed by atoms with Gasteiger partial charge in [-0.2, -0.15) is 0 Å². The van der Waals surface area contributed by atoms with Gasteiger partial charge >= 0.3 is 0 Å². The van der Waals surface area contributed by atoms with Gasteiger partial charge in [-0.05, 0) is 6.08 Å². The molecule has 2 unspecified atom stereocenters. The van der Waals surface area contributed by atoms with Crippen molar-refractivity contribution in [2.24, 2.45) is 16.8 Å². The van der Waals surface area contributed by atoms with Crippen LogP contribution in [0.2, 0.25) is 0 Å². The average Bonchev–Trinajstić information content (AvgIpc) is 2.36. The van der Waals surface area contributed by atoms with Gasteiger partial charge in [0.25, 0.3) is 0 Å². The molecule has 3 nitrogen and oxygen atoms in total. The highest BCUT2D eigenvalue weighted by Crippen LogP contribution is 2.22. The van der Waals surface area contributed by atoms with Gasteiger partial charge in [-0.25, -0.2) is 0 Å². The lowest BCUT2D eigenvalue weighted by Gasteiger charge is -2.15. The molecule has 0 saturated carbocycles. The minimum atomic E-state index is -0.0370. The van der Waals surface area contributed by atoms with Gasteiger partial charge in [0.2, 0.25) is 0 Å². The van der Waals surface area contributed by atoms with Crippen LogP contribution in [0.25, 0.3) is 0 Å². The summed E-state index contributed by atoms with van der Waals surface area (Å²) in [4.78, 5) is 4.99. The monoisotopic (exact) mass is 136 g/mol. The van der Waals surface area contributed by atoms with Crippen LogP contribution in [-0.2, 0) is 4.84 Å². The molecular weight excluding hydrogens is 128 g/mol. The molecule has 0 fully saturated rings. The topological polar surface area (TPSA) is 47.6 Å². The molecule has 0 radical (unpaired) electrons. The first-order valence-electron chi connectivity index (χ1n) is 3.21. The highest BCUT2D eigenvalue weighted by atomic mass is 16.6. The zero-order chi connectivity index (χ0) is 6.97. The van der Waals surface area contributed by atoms with Crippen LogP contribution < -0.4 is 5.73 Å². The Balaban J connectivity index is 2.29. The summed E-state index contributed by atoms with van der Waals surface area (Å²) in [6.45, 7) is 0. The predicted octanol–water partition coefficient (Wildman–Crippen LogP) is 0.400. The lowest BCUT2D eigenvalue weighted by molar-refractivity contribution is 0.0955. The van der Waals surface area contributed by atoms with E-state index in [9.17, 15) is 0 Å².